The Hall–Kier alpha value is -0.810. The minimum atomic E-state index is 0.0720. The van der Waals surface area contributed by atoms with Crippen molar-refractivity contribution in [3.8, 4) is 12.3 Å². The van der Waals surface area contributed by atoms with Crippen LogP contribution in [0, 0.1) is 18.3 Å². The Balaban J connectivity index is 2.46. The van der Waals surface area contributed by atoms with Crippen molar-refractivity contribution >= 4 is 5.78 Å². The average molecular weight is 193 g/mol. The van der Waals surface area contributed by atoms with E-state index in [0.717, 1.165) is 19.3 Å². The molecule has 2 heteroatoms. The second-order valence-corrected chi connectivity index (χ2v) is 4.08. The van der Waals surface area contributed by atoms with E-state index in [1.807, 2.05) is 0 Å². The lowest BCUT2D eigenvalue weighted by Gasteiger charge is -2.19. The molecule has 1 aliphatic rings. The van der Waals surface area contributed by atoms with E-state index < -0.39 is 0 Å². The lowest BCUT2D eigenvalue weighted by atomic mass is 9.89. The molecule has 1 rings (SSSR count). The van der Waals surface area contributed by atoms with Crippen LogP contribution in [0.5, 0.6) is 0 Å². The highest BCUT2D eigenvalue weighted by molar-refractivity contribution is 5.81. The first-order chi connectivity index (χ1) is 6.75. The molecule has 0 aromatic carbocycles. The standard InChI is InChI=1S/C12H19NO/c1-2-3-9-12(14)10-7-5-4-6-8-11(10)13/h1,10-11H,3-9,13H2. The summed E-state index contributed by atoms with van der Waals surface area (Å²) < 4.78 is 0. The topological polar surface area (TPSA) is 43.1 Å². The number of hydrogen-bond acceptors (Lipinski definition) is 2. The van der Waals surface area contributed by atoms with E-state index in [9.17, 15) is 4.79 Å². The molecule has 0 radical (unpaired) electrons. The van der Waals surface area contributed by atoms with Crippen LogP contribution in [0.2, 0.25) is 0 Å². The van der Waals surface area contributed by atoms with Gasteiger partial charge in [0.2, 0.25) is 0 Å². The largest absolute Gasteiger partial charge is 0.327 e. The lowest BCUT2D eigenvalue weighted by molar-refractivity contribution is -0.123. The normalized spacial score (nSPS) is 27.7. The Morgan fingerprint density at radius 3 is 2.79 bits per heavy atom. The number of carbonyl (C=O) groups is 1. The number of hydrogen-bond donors (Lipinski definition) is 1. The van der Waals surface area contributed by atoms with Crippen molar-refractivity contribution in [1.82, 2.24) is 0 Å². The maximum atomic E-state index is 11.7. The molecule has 14 heavy (non-hydrogen) atoms. The summed E-state index contributed by atoms with van der Waals surface area (Å²) in [7, 11) is 0. The zero-order chi connectivity index (χ0) is 10.4. The van der Waals surface area contributed by atoms with Gasteiger partial charge in [-0.15, -0.1) is 12.3 Å². The molecule has 0 saturated heterocycles. The monoisotopic (exact) mass is 193 g/mol. The molecule has 0 aromatic heterocycles. The van der Waals surface area contributed by atoms with Gasteiger partial charge in [0.15, 0.2) is 0 Å². The van der Waals surface area contributed by atoms with Gasteiger partial charge in [-0.1, -0.05) is 19.3 Å². The van der Waals surface area contributed by atoms with Gasteiger partial charge >= 0.3 is 0 Å². The number of Topliss-reactive ketones (excluding diaryl/α,β-unsaturated/α-hetero) is 1. The van der Waals surface area contributed by atoms with Gasteiger partial charge in [0.1, 0.15) is 5.78 Å². The molecule has 0 aromatic rings. The van der Waals surface area contributed by atoms with Gasteiger partial charge in [0, 0.05) is 24.8 Å². The molecule has 0 spiro atoms. The number of ketones is 1. The second kappa shape index (κ2) is 5.82. The quantitative estimate of drug-likeness (QED) is 0.549. The number of rotatable bonds is 3. The lowest BCUT2D eigenvalue weighted by Crippen LogP contribution is -2.34. The molecule has 0 amide bonds. The third-order valence-corrected chi connectivity index (χ3v) is 3.00. The summed E-state index contributed by atoms with van der Waals surface area (Å²) in [6, 6.07) is 0.0720. The average Bonchev–Trinajstić information content (AvgIpc) is 2.39. The van der Waals surface area contributed by atoms with Crippen molar-refractivity contribution in [1.29, 1.82) is 0 Å². The number of terminal acetylenes is 1. The van der Waals surface area contributed by atoms with Gasteiger partial charge in [-0.2, -0.15) is 0 Å². The Morgan fingerprint density at radius 1 is 1.36 bits per heavy atom. The molecule has 1 saturated carbocycles. The molecule has 2 N–H and O–H groups in total. The van der Waals surface area contributed by atoms with Crippen LogP contribution in [0.15, 0.2) is 0 Å². The van der Waals surface area contributed by atoms with Crippen LogP contribution in [0.1, 0.15) is 44.9 Å². The predicted octanol–water partition coefficient (Wildman–Crippen LogP) is 1.88. The predicted molar refractivity (Wildman–Crippen MR) is 57.6 cm³/mol. The summed E-state index contributed by atoms with van der Waals surface area (Å²) in [5.74, 6) is 2.86. The Labute approximate surface area is 86.2 Å². The van der Waals surface area contributed by atoms with E-state index in [2.05, 4.69) is 5.92 Å². The van der Waals surface area contributed by atoms with E-state index in [4.69, 9.17) is 12.2 Å². The Morgan fingerprint density at radius 2 is 2.07 bits per heavy atom. The first kappa shape index (κ1) is 11.3. The van der Waals surface area contributed by atoms with Crippen LogP contribution in [0.3, 0.4) is 0 Å². The minimum absolute atomic E-state index is 0.0720. The van der Waals surface area contributed by atoms with Crippen molar-refractivity contribution in [3.63, 3.8) is 0 Å². The van der Waals surface area contributed by atoms with Crippen molar-refractivity contribution in [2.24, 2.45) is 11.7 Å². The molecule has 2 nitrogen and oxygen atoms in total. The van der Waals surface area contributed by atoms with Crippen molar-refractivity contribution in [2.75, 3.05) is 0 Å². The van der Waals surface area contributed by atoms with Gasteiger partial charge in [-0.25, -0.2) is 0 Å². The van der Waals surface area contributed by atoms with Crippen LogP contribution < -0.4 is 5.73 Å². The fraction of sp³-hybridized carbons (Fsp3) is 0.750. The molecule has 0 bridgehead atoms. The molecule has 2 unspecified atom stereocenters. The zero-order valence-corrected chi connectivity index (χ0v) is 8.67. The van der Waals surface area contributed by atoms with Crippen LogP contribution in [-0.2, 0) is 4.79 Å². The highest BCUT2D eigenvalue weighted by Crippen LogP contribution is 2.24. The summed E-state index contributed by atoms with van der Waals surface area (Å²) in [6.45, 7) is 0. The van der Waals surface area contributed by atoms with E-state index in [1.54, 1.807) is 0 Å². The summed E-state index contributed by atoms with van der Waals surface area (Å²) in [6.07, 6.45) is 11.7. The zero-order valence-electron chi connectivity index (χ0n) is 8.67. The molecule has 2 atom stereocenters. The highest BCUT2D eigenvalue weighted by Gasteiger charge is 2.25. The third kappa shape index (κ3) is 3.16. The smallest absolute Gasteiger partial charge is 0.138 e. The van der Waals surface area contributed by atoms with Gasteiger partial charge in [0.25, 0.3) is 0 Å². The molecule has 0 aliphatic heterocycles. The molecular weight excluding hydrogens is 174 g/mol. The Kier molecular flexibility index (Phi) is 4.69. The summed E-state index contributed by atoms with van der Waals surface area (Å²) in [4.78, 5) is 11.7. The summed E-state index contributed by atoms with van der Waals surface area (Å²) in [5.41, 5.74) is 5.98. The van der Waals surface area contributed by atoms with Crippen LogP contribution >= 0.6 is 0 Å². The van der Waals surface area contributed by atoms with Crippen molar-refractivity contribution in [2.45, 2.75) is 51.0 Å². The van der Waals surface area contributed by atoms with E-state index in [0.29, 0.717) is 12.8 Å². The highest BCUT2D eigenvalue weighted by atomic mass is 16.1. The first-order valence-corrected chi connectivity index (χ1v) is 5.47. The summed E-state index contributed by atoms with van der Waals surface area (Å²) >= 11 is 0. The van der Waals surface area contributed by atoms with E-state index in [1.165, 1.54) is 12.8 Å². The molecule has 78 valence electrons. The molecule has 0 heterocycles. The van der Waals surface area contributed by atoms with Crippen molar-refractivity contribution in [3.05, 3.63) is 0 Å². The first-order valence-electron chi connectivity index (χ1n) is 5.47. The SMILES string of the molecule is C#CCCC(=O)C1CCCCCC1N. The van der Waals surface area contributed by atoms with Crippen LogP contribution in [0.4, 0.5) is 0 Å². The number of carbonyl (C=O) groups excluding carboxylic acids is 1. The Bertz CT molecular complexity index is 229. The van der Waals surface area contributed by atoms with Gasteiger partial charge in [-0.05, 0) is 12.8 Å². The fourth-order valence-corrected chi connectivity index (χ4v) is 2.12. The fourth-order valence-electron chi connectivity index (χ4n) is 2.12. The summed E-state index contributed by atoms with van der Waals surface area (Å²) in [5, 5.41) is 0. The third-order valence-electron chi connectivity index (χ3n) is 3.00. The van der Waals surface area contributed by atoms with Gasteiger partial charge < -0.3 is 5.73 Å². The minimum Gasteiger partial charge on any atom is -0.327 e. The van der Waals surface area contributed by atoms with E-state index in [-0.39, 0.29) is 17.7 Å². The number of nitrogens with two attached hydrogens (primary N) is 1. The molecule has 1 aliphatic carbocycles. The van der Waals surface area contributed by atoms with Gasteiger partial charge in [-0.3, -0.25) is 4.79 Å². The van der Waals surface area contributed by atoms with Crippen LogP contribution in [-0.4, -0.2) is 11.8 Å². The van der Waals surface area contributed by atoms with E-state index >= 15 is 0 Å². The van der Waals surface area contributed by atoms with Gasteiger partial charge in [0.05, 0.1) is 0 Å². The molecule has 1 fully saturated rings. The molecular formula is C12H19NO. The maximum Gasteiger partial charge on any atom is 0.138 e. The van der Waals surface area contributed by atoms with Crippen molar-refractivity contribution < 1.29 is 4.79 Å². The second-order valence-electron chi connectivity index (χ2n) is 4.08. The van der Waals surface area contributed by atoms with Crippen LogP contribution in [0.25, 0.3) is 0 Å². The maximum absolute atomic E-state index is 11.7.